The van der Waals surface area contributed by atoms with Crippen LogP contribution in [0.3, 0.4) is 0 Å². The zero-order valence-corrected chi connectivity index (χ0v) is 15.9. The number of hydrogen-bond acceptors (Lipinski definition) is 3. The van der Waals surface area contributed by atoms with Gasteiger partial charge in [-0.25, -0.2) is 4.57 Å². The smallest absolute Gasteiger partial charge is 0.393 e. The molecule has 0 aliphatic carbocycles. The lowest BCUT2D eigenvalue weighted by Crippen LogP contribution is -2.03. The average Bonchev–Trinajstić information content (AvgIpc) is 2.38. The molecule has 0 spiro atoms. The highest BCUT2D eigenvalue weighted by molar-refractivity contribution is 7.48. The van der Waals surface area contributed by atoms with Gasteiger partial charge in [-0.3, -0.25) is 4.89 Å². The van der Waals surface area contributed by atoms with E-state index in [0.29, 0.717) is 21.2 Å². The summed E-state index contributed by atoms with van der Waals surface area (Å²) in [6, 6.07) is 5.88. The molecule has 0 atom stereocenters. The van der Waals surface area contributed by atoms with Crippen molar-refractivity contribution >= 4 is 54.2 Å². The Labute approximate surface area is 153 Å². The number of benzene rings is 2. The van der Waals surface area contributed by atoms with E-state index < -0.39 is 7.82 Å². The molecule has 124 valence electrons. The van der Waals surface area contributed by atoms with Gasteiger partial charge in [0.2, 0.25) is 0 Å². The second-order valence-corrected chi connectivity index (χ2v) is 7.71. The zero-order chi connectivity index (χ0) is 17.4. The van der Waals surface area contributed by atoms with Gasteiger partial charge in [-0.05, 0) is 49.2 Å². The summed E-state index contributed by atoms with van der Waals surface area (Å²) in [4.78, 5) is 9.99. The van der Waals surface area contributed by atoms with E-state index in [-0.39, 0.29) is 21.5 Å². The summed E-state index contributed by atoms with van der Waals surface area (Å²) in [5, 5.41) is 0.939. The van der Waals surface area contributed by atoms with E-state index in [2.05, 4.69) is 0 Å². The van der Waals surface area contributed by atoms with Crippen molar-refractivity contribution in [1.29, 1.82) is 0 Å². The minimum absolute atomic E-state index is 0.00430. The third-order valence-electron chi connectivity index (χ3n) is 2.80. The minimum Gasteiger partial charge on any atom is -0.393 e. The van der Waals surface area contributed by atoms with Crippen molar-refractivity contribution in [3.63, 3.8) is 0 Å². The Morgan fingerprint density at radius 2 is 1.17 bits per heavy atom. The number of hydrogen-bond donors (Lipinski definition) is 1. The molecule has 2 aromatic carbocycles. The van der Waals surface area contributed by atoms with Crippen LogP contribution in [0.5, 0.6) is 11.5 Å². The Morgan fingerprint density at radius 3 is 1.48 bits per heavy atom. The molecule has 0 unspecified atom stereocenters. The molecule has 4 nitrogen and oxygen atoms in total. The third-order valence-corrected chi connectivity index (χ3v) is 4.63. The summed E-state index contributed by atoms with van der Waals surface area (Å²) in [7, 11) is -4.53. The van der Waals surface area contributed by atoms with Crippen molar-refractivity contribution in [1.82, 2.24) is 0 Å². The van der Waals surface area contributed by atoms with E-state index in [0.717, 1.165) is 0 Å². The Balaban J connectivity index is 2.33. The van der Waals surface area contributed by atoms with Gasteiger partial charge in [0.15, 0.2) is 11.5 Å². The van der Waals surface area contributed by atoms with Crippen molar-refractivity contribution in [2.75, 3.05) is 0 Å². The van der Waals surface area contributed by atoms with Crippen LogP contribution in [0.25, 0.3) is 0 Å². The second-order valence-electron chi connectivity index (χ2n) is 4.72. The van der Waals surface area contributed by atoms with E-state index in [1.807, 2.05) is 0 Å². The van der Waals surface area contributed by atoms with Crippen LogP contribution >= 0.6 is 54.2 Å². The number of aryl methyl sites for hydroxylation is 2. The third kappa shape index (κ3) is 4.69. The lowest BCUT2D eigenvalue weighted by Gasteiger charge is -2.18. The molecule has 1 N–H and O–H groups in total. The Bertz CT molecular complexity index is 700. The van der Waals surface area contributed by atoms with Gasteiger partial charge >= 0.3 is 7.82 Å². The summed E-state index contributed by atoms with van der Waals surface area (Å²) in [6.45, 7) is 3.27. The second kappa shape index (κ2) is 7.10. The minimum atomic E-state index is -4.53. The molecule has 0 aliphatic rings. The summed E-state index contributed by atoms with van der Waals surface area (Å²) >= 11 is 23.7. The summed E-state index contributed by atoms with van der Waals surface area (Å²) in [5.41, 5.74) is 0.971. The van der Waals surface area contributed by atoms with Gasteiger partial charge in [-0.15, -0.1) is 0 Å². The SMILES string of the molecule is Cc1cc(Cl)cc(Cl)c1OP(=O)(O)Oc1c(C)cc(Cl)cc1Cl. The molecule has 0 aliphatic heterocycles. The van der Waals surface area contributed by atoms with Gasteiger partial charge in [-0.1, -0.05) is 46.4 Å². The van der Waals surface area contributed by atoms with Crippen LogP contribution in [-0.4, -0.2) is 4.89 Å². The lowest BCUT2D eigenvalue weighted by molar-refractivity contribution is 0.289. The first-order valence-corrected chi connectivity index (χ1v) is 9.23. The van der Waals surface area contributed by atoms with Crippen LogP contribution < -0.4 is 9.05 Å². The first kappa shape index (κ1) is 18.7. The zero-order valence-electron chi connectivity index (χ0n) is 11.9. The molecule has 23 heavy (non-hydrogen) atoms. The first-order valence-electron chi connectivity index (χ1n) is 6.22. The molecule has 9 heteroatoms. The average molecular weight is 416 g/mol. The van der Waals surface area contributed by atoms with Crippen LogP contribution in [0.15, 0.2) is 24.3 Å². The highest BCUT2D eigenvalue weighted by Crippen LogP contribution is 2.50. The lowest BCUT2D eigenvalue weighted by atomic mass is 10.2. The standard InChI is InChI=1S/C14H11Cl4O4P/c1-7-3-9(15)5-11(17)13(7)21-23(19,20)22-14-8(2)4-10(16)6-12(14)18/h3-6H,1-2H3,(H,19,20). The molecule has 0 aromatic heterocycles. The summed E-state index contributed by atoms with van der Waals surface area (Å²) < 4.78 is 22.4. The summed E-state index contributed by atoms with van der Waals surface area (Å²) in [6.07, 6.45) is 0. The molecule has 0 saturated carbocycles. The van der Waals surface area contributed by atoms with Crippen LogP contribution in [0.2, 0.25) is 20.1 Å². The molecule has 2 rings (SSSR count). The molecule has 0 bridgehead atoms. The number of phosphoric acid groups is 1. The molecule has 0 amide bonds. The number of phosphoric ester groups is 1. The fourth-order valence-electron chi connectivity index (χ4n) is 1.86. The molecular weight excluding hydrogens is 405 g/mol. The maximum atomic E-state index is 12.3. The Hall–Kier alpha value is -0.610. The number of rotatable bonds is 4. The molecule has 0 radical (unpaired) electrons. The van der Waals surface area contributed by atoms with E-state index in [1.165, 1.54) is 12.1 Å². The quantitative estimate of drug-likeness (QED) is 0.581. The monoisotopic (exact) mass is 414 g/mol. The van der Waals surface area contributed by atoms with E-state index in [4.69, 9.17) is 55.5 Å². The van der Waals surface area contributed by atoms with Crippen LogP contribution in [0.1, 0.15) is 11.1 Å². The van der Waals surface area contributed by atoms with E-state index >= 15 is 0 Å². The largest absolute Gasteiger partial charge is 0.585 e. The molecular formula is C14H11Cl4O4P. The fourth-order valence-corrected chi connectivity index (χ4v) is 4.22. The van der Waals surface area contributed by atoms with Gasteiger partial charge in [0.25, 0.3) is 0 Å². The van der Waals surface area contributed by atoms with Crippen LogP contribution in [0.4, 0.5) is 0 Å². The van der Waals surface area contributed by atoms with Gasteiger partial charge < -0.3 is 9.05 Å². The van der Waals surface area contributed by atoms with Crippen LogP contribution in [0, 0.1) is 13.8 Å². The highest BCUT2D eigenvalue weighted by atomic mass is 35.5. The molecule has 0 saturated heterocycles. The van der Waals surface area contributed by atoms with Gasteiger partial charge in [0, 0.05) is 10.0 Å². The first-order chi connectivity index (χ1) is 10.6. The summed E-state index contributed by atoms with van der Waals surface area (Å²) in [5.74, 6) is 0.00859. The predicted octanol–water partition coefficient (Wildman–Crippen LogP) is 6.48. The molecule has 0 fully saturated rings. The van der Waals surface area contributed by atoms with Crippen molar-refractivity contribution in [3.05, 3.63) is 55.5 Å². The van der Waals surface area contributed by atoms with Crippen molar-refractivity contribution in [3.8, 4) is 11.5 Å². The maximum absolute atomic E-state index is 12.3. The van der Waals surface area contributed by atoms with E-state index in [1.54, 1.807) is 26.0 Å². The fraction of sp³-hybridized carbons (Fsp3) is 0.143. The molecule has 0 heterocycles. The van der Waals surface area contributed by atoms with Gasteiger partial charge in [0.05, 0.1) is 10.0 Å². The predicted molar refractivity (Wildman–Crippen MR) is 93.5 cm³/mol. The maximum Gasteiger partial charge on any atom is 0.585 e. The highest BCUT2D eigenvalue weighted by Gasteiger charge is 2.29. The van der Waals surface area contributed by atoms with Crippen LogP contribution in [-0.2, 0) is 4.57 Å². The number of halogens is 4. The van der Waals surface area contributed by atoms with E-state index in [9.17, 15) is 9.46 Å². The van der Waals surface area contributed by atoms with Crippen molar-refractivity contribution in [2.45, 2.75) is 13.8 Å². The molecule has 2 aromatic rings. The normalized spacial score (nSPS) is 11.4. The van der Waals surface area contributed by atoms with Gasteiger partial charge in [-0.2, -0.15) is 0 Å². The Morgan fingerprint density at radius 1 is 0.826 bits per heavy atom. The van der Waals surface area contributed by atoms with Crippen molar-refractivity contribution in [2.24, 2.45) is 0 Å². The Kier molecular flexibility index (Phi) is 5.78. The van der Waals surface area contributed by atoms with Gasteiger partial charge in [0.1, 0.15) is 0 Å². The topological polar surface area (TPSA) is 55.8 Å². The van der Waals surface area contributed by atoms with Crippen molar-refractivity contribution < 1.29 is 18.5 Å².